The van der Waals surface area contributed by atoms with Gasteiger partial charge in [-0.2, -0.15) is 0 Å². The molecule has 2 aromatic carbocycles. The Morgan fingerprint density at radius 2 is 2.00 bits per heavy atom. The summed E-state index contributed by atoms with van der Waals surface area (Å²) in [6.07, 6.45) is 1.71. The summed E-state index contributed by atoms with van der Waals surface area (Å²) >= 11 is 7.66. The Morgan fingerprint density at radius 1 is 1.17 bits per heavy atom. The molecular weight excluding hydrogens is 418 g/mol. The van der Waals surface area contributed by atoms with Crippen molar-refractivity contribution in [2.24, 2.45) is 0 Å². The summed E-state index contributed by atoms with van der Waals surface area (Å²) in [6.45, 7) is 4.39. The summed E-state index contributed by atoms with van der Waals surface area (Å²) in [5.41, 5.74) is 4.33. The third kappa shape index (κ3) is 3.88. The van der Waals surface area contributed by atoms with Crippen molar-refractivity contribution in [3.05, 3.63) is 82.1 Å². The van der Waals surface area contributed by atoms with Gasteiger partial charge in [0.05, 0.1) is 35.1 Å². The first-order valence-corrected chi connectivity index (χ1v) is 10.6. The first-order valence-electron chi connectivity index (χ1n) is 9.40. The molecule has 0 bridgehead atoms. The Hall–Kier alpha value is -2.96. The fraction of sp³-hybridized carbons (Fsp3) is 0.174. The number of aryl methyl sites for hydroxylation is 2. The number of anilines is 1. The van der Waals surface area contributed by atoms with Gasteiger partial charge < -0.3 is 4.74 Å². The van der Waals surface area contributed by atoms with Crippen LogP contribution in [0.15, 0.2) is 54.7 Å². The highest BCUT2D eigenvalue weighted by Gasteiger charge is 2.25. The van der Waals surface area contributed by atoms with E-state index in [4.69, 9.17) is 21.3 Å². The molecular formula is C23H20ClN3O2S. The molecule has 0 aliphatic rings. The topological polar surface area (TPSA) is 55.3 Å². The number of nitrogens with zero attached hydrogens (tertiary/aromatic N) is 3. The molecule has 7 heteroatoms. The van der Waals surface area contributed by atoms with E-state index in [-0.39, 0.29) is 12.5 Å². The largest absolute Gasteiger partial charge is 0.496 e. The van der Waals surface area contributed by atoms with Crippen LogP contribution in [-0.4, -0.2) is 23.0 Å². The van der Waals surface area contributed by atoms with Crippen molar-refractivity contribution in [3.63, 3.8) is 0 Å². The number of ether oxygens (including phenoxy) is 1. The predicted octanol–water partition coefficient (Wildman–Crippen LogP) is 5.82. The molecule has 0 radical (unpaired) electrons. The van der Waals surface area contributed by atoms with Crippen LogP contribution in [0.3, 0.4) is 0 Å². The SMILES string of the molecule is COc1ccc(Cl)cc1C(=O)N(Cc1ccccn1)c1nc2c(C)c(C)ccc2s1. The fourth-order valence-corrected chi connectivity index (χ4v) is 4.40. The Labute approximate surface area is 183 Å². The van der Waals surface area contributed by atoms with E-state index >= 15 is 0 Å². The normalized spacial score (nSPS) is 10.9. The van der Waals surface area contributed by atoms with Crippen molar-refractivity contribution in [2.45, 2.75) is 20.4 Å². The fourth-order valence-electron chi connectivity index (χ4n) is 3.20. The summed E-state index contributed by atoms with van der Waals surface area (Å²) < 4.78 is 6.45. The number of pyridine rings is 1. The summed E-state index contributed by atoms with van der Waals surface area (Å²) in [6, 6.07) is 14.8. The molecule has 0 N–H and O–H groups in total. The number of halogens is 1. The van der Waals surface area contributed by atoms with Crippen LogP contribution in [-0.2, 0) is 6.54 Å². The van der Waals surface area contributed by atoms with Crippen LogP contribution in [0.4, 0.5) is 5.13 Å². The number of aromatic nitrogens is 2. The Morgan fingerprint density at radius 3 is 2.73 bits per heavy atom. The number of amides is 1. The zero-order valence-corrected chi connectivity index (χ0v) is 18.4. The highest BCUT2D eigenvalue weighted by Crippen LogP contribution is 2.34. The van der Waals surface area contributed by atoms with Gasteiger partial charge in [-0.15, -0.1) is 0 Å². The molecule has 0 atom stereocenters. The maximum absolute atomic E-state index is 13.6. The molecule has 5 nitrogen and oxygen atoms in total. The van der Waals surface area contributed by atoms with Gasteiger partial charge in [-0.1, -0.05) is 35.1 Å². The first kappa shape index (κ1) is 20.3. The zero-order valence-electron chi connectivity index (χ0n) is 16.8. The van der Waals surface area contributed by atoms with Crippen LogP contribution < -0.4 is 9.64 Å². The third-order valence-corrected chi connectivity index (χ3v) is 6.27. The number of benzene rings is 2. The molecule has 2 heterocycles. The molecule has 4 rings (SSSR count). The summed E-state index contributed by atoms with van der Waals surface area (Å²) in [7, 11) is 1.53. The van der Waals surface area contributed by atoms with Gasteiger partial charge in [-0.05, 0) is 61.4 Å². The van der Waals surface area contributed by atoms with E-state index in [1.807, 2.05) is 31.2 Å². The zero-order chi connectivity index (χ0) is 21.3. The van der Waals surface area contributed by atoms with E-state index in [9.17, 15) is 4.79 Å². The predicted molar refractivity (Wildman–Crippen MR) is 122 cm³/mol. The van der Waals surface area contributed by atoms with E-state index in [1.54, 1.807) is 29.3 Å². The number of carbonyl (C=O) groups is 1. The second-order valence-corrected chi connectivity index (χ2v) is 8.35. The molecule has 4 aromatic rings. The number of fused-ring (bicyclic) bond motifs is 1. The van der Waals surface area contributed by atoms with E-state index in [2.05, 4.69) is 18.0 Å². The highest BCUT2D eigenvalue weighted by molar-refractivity contribution is 7.22. The van der Waals surface area contributed by atoms with Crippen LogP contribution in [0.1, 0.15) is 27.2 Å². The molecule has 1 amide bonds. The van der Waals surface area contributed by atoms with Gasteiger partial charge in [0, 0.05) is 11.2 Å². The van der Waals surface area contributed by atoms with Gasteiger partial charge in [0.2, 0.25) is 0 Å². The van der Waals surface area contributed by atoms with Gasteiger partial charge in [-0.3, -0.25) is 14.7 Å². The standard InChI is InChI=1S/C23H20ClN3O2S/c1-14-7-10-20-21(15(14)2)26-23(30-20)27(13-17-6-4-5-11-25-17)22(28)18-12-16(24)8-9-19(18)29-3/h4-12H,13H2,1-3H3. The number of hydrogen-bond donors (Lipinski definition) is 0. The maximum atomic E-state index is 13.6. The number of rotatable bonds is 5. The molecule has 0 aliphatic heterocycles. The van der Waals surface area contributed by atoms with Crippen LogP contribution >= 0.6 is 22.9 Å². The second kappa shape index (κ2) is 8.42. The summed E-state index contributed by atoms with van der Waals surface area (Å²) in [4.78, 5) is 24.5. The minimum absolute atomic E-state index is 0.242. The molecule has 0 aliphatic carbocycles. The van der Waals surface area contributed by atoms with Crippen LogP contribution in [0, 0.1) is 13.8 Å². The highest BCUT2D eigenvalue weighted by atomic mass is 35.5. The number of hydrogen-bond acceptors (Lipinski definition) is 5. The molecule has 30 heavy (non-hydrogen) atoms. The monoisotopic (exact) mass is 437 g/mol. The molecule has 0 unspecified atom stereocenters. The van der Waals surface area contributed by atoms with E-state index in [1.165, 1.54) is 24.0 Å². The molecule has 0 spiro atoms. The molecule has 0 saturated heterocycles. The average Bonchev–Trinajstić information content (AvgIpc) is 3.19. The minimum atomic E-state index is -0.242. The van der Waals surface area contributed by atoms with Crippen LogP contribution in [0.5, 0.6) is 5.75 Å². The van der Waals surface area contributed by atoms with Gasteiger partial charge in [0.15, 0.2) is 5.13 Å². The lowest BCUT2D eigenvalue weighted by atomic mass is 10.1. The first-order chi connectivity index (χ1) is 14.5. The Kier molecular flexibility index (Phi) is 5.70. The third-order valence-electron chi connectivity index (χ3n) is 4.99. The van der Waals surface area contributed by atoms with Crippen molar-refractivity contribution in [1.82, 2.24) is 9.97 Å². The molecule has 152 valence electrons. The van der Waals surface area contributed by atoms with Gasteiger partial charge in [-0.25, -0.2) is 4.98 Å². The van der Waals surface area contributed by atoms with Crippen molar-refractivity contribution in [3.8, 4) is 5.75 Å². The van der Waals surface area contributed by atoms with Crippen LogP contribution in [0.2, 0.25) is 5.02 Å². The molecule has 2 aromatic heterocycles. The van der Waals surface area contributed by atoms with Crippen molar-refractivity contribution < 1.29 is 9.53 Å². The van der Waals surface area contributed by atoms with Crippen LogP contribution in [0.25, 0.3) is 10.2 Å². The van der Waals surface area contributed by atoms with E-state index < -0.39 is 0 Å². The Bertz CT molecular complexity index is 1220. The van der Waals surface area contributed by atoms with Gasteiger partial charge >= 0.3 is 0 Å². The average molecular weight is 438 g/mol. The van der Waals surface area contributed by atoms with Gasteiger partial charge in [0.1, 0.15) is 5.75 Å². The van der Waals surface area contributed by atoms with Crippen molar-refractivity contribution in [1.29, 1.82) is 0 Å². The molecule has 0 saturated carbocycles. The van der Waals surface area contributed by atoms with E-state index in [0.29, 0.717) is 21.5 Å². The second-order valence-electron chi connectivity index (χ2n) is 6.91. The Balaban J connectivity index is 1.84. The molecule has 0 fully saturated rings. The van der Waals surface area contributed by atoms with E-state index in [0.717, 1.165) is 21.5 Å². The minimum Gasteiger partial charge on any atom is -0.496 e. The lowest BCUT2D eigenvalue weighted by molar-refractivity contribution is 0.0982. The van der Waals surface area contributed by atoms with Crippen molar-refractivity contribution in [2.75, 3.05) is 12.0 Å². The van der Waals surface area contributed by atoms with Crippen molar-refractivity contribution >= 4 is 44.2 Å². The smallest absolute Gasteiger partial charge is 0.264 e. The lowest BCUT2D eigenvalue weighted by Gasteiger charge is -2.21. The summed E-state index contributed by atoms with van der Waals surface area (Å²) in [5.74, 6) is 0.219. The number of methoxy groups -OCH3 is 1. The summed E-state index contributed by atoms with van der Waals surface area (Å²) in [5, 5.41) is 1.07. The lowest BCUT2D eigenvalue weighted by Crippen LogP contribution is -2.31. The maximum Gasteiger partial charge on any atom is 0.264 e. The number of thiazole rings is 1. The quantitative estimate of drug-likeness (QED) is 0.395. The number of carbonyl (C=O) groups excluding carboxylic acids is 1. The van der Waals surface area contributed by atoms with Gasteiger partial charge in [0.25, 0.3) is 5.91 Å².